The molecule has 1 rings (SSSR count). The standard InChI is InChI=1S/C9H10BrOSi/c1-4-5(2)8(11)6(3)9(12)7(4)10/h11H,1-3H3. The van der Waals surface area contributed by atoms with Crippen LogP contribution in [0.15, 0.2) is 4.47 Å². The summed E-state index contributed by atoms with van der Waals surface area (Å²) in [6, 6.07) is 0. The third-order valence-corrected chi connectivity index (χ3v) is 4.18. The van der Waals surface area contributed by atoms with Crippen LogP contribution in [-0.4, -0.2) is 15.3 Å². The van der Waals surface area contributed by atoms with E-state index >= 15 is 0 Å². The quantitative estimate of drug-likeness (QED) is 0.688. The smallest absolute Gasteiger partial charge is 0.121 e. The van der Waals surface area contributed by atoms with E-state index in [1.807, 2.05) is 20.8 Å². The molecule has 0 unspecified atom stereocenters. The lowest BCUT2D eigenvalue weighted by Crippen LogP contribution is -2.12. The van der Waals surface area contributed by atoms with Crippen molar-refractivity contribution in [3.63, 3.8) is 0 Å². The molecule has 1 N–H and O–H groups in total. The monoisotopic (exact) mass is 241 g/mol. The van der Waals surface area contributed by atoms with Crippen molar-refractivity contribution < 1.29 is 5.11 Å². The fourth-order valence-electron chi connectivity index (χ4n) is 1.09. The molecule has 3 radical (unpaired) electrons. The highest BCUT2D eigenvalue weighted by molar-refractivity contribution is 9.10. The molecule has 0 aromatic heterocycles. The Labute approximate surface area is 84.4 Å². The predicted octanol–water partition coefficient (Wildman–Crippen LogP) is 1.87. The lowest BCUT2D eigenvalue weighted by Gasteiger charge is -2.12. The van der Waals surface area contributed by atoms with Gasteiger partial charge in [-0.3, -0.25) is 0 Å². The summed E-state index contributed by atoms with van der Waals surface area (Å²) in [5, 5.41) is 10.6. The normalized spacial score (nSPS) is 10.4. The van der Waals surface area contributed by atoms with Crippen LogP contribution < -0.4 is 5.19 Å². The first-order valence-electron chi connectivity index (χ1n) is 3.66. The highest BCUT2D eigenvalue weighted by atomic mass is 79.9. The van der Waals surface area contributed by atoms with E-state index < -0.39 is 0 Å². The van der Waals surface area contributed by atoms with Crippen LogP contribution in [0.25, 0.3) is 0 Å². The van der Waals surface area contributed by atoms with Gasteiger partial charge in [0.25, 0.3) is 0 Å². The molecule has 1 aromatic carbocycles. The van der Waals surface area contributed by atoms with Crippen molar-refractivity contribution in [2.24, 2.45) is 0 Å². The van der Waals surface area contributed by atoms with Crippen LogP contribution in [0.1, 0.15) is 16.7 Å². The summed E-state index contributed by atoms with van der Waals surface area (Å²) in [6.07, 6.45) is 0. The maximum Gasteiger partial charge on any atom is 0.121 e. The Morgan fingerprint density at radius 1 is 1.08 bits per heavy atom. The molecule has 3 heteroatoms. The van der Waals surface area contributed by atoms with Gasteiger partial charge in [0.2, 0.25) is 0 Å². The number of hydrogen-bond acceptors (Lipinski definition) is 1. The molecule has 0 aliphatic carbocycles. The summed E-state index contributed by atoms with van der Waals surface area (Å²) >= 11 is 3.46. The lowest BCUT2D eigenvalue weighted by molar-refractivity contribution is 0.467. The largest absolute Gasteiger partial charge is 0.507 e. The Morgan fingerprint density at radius 3 is 2.08 bits per heavy atom. The molecule has 63 valence electrons. The van der Waals surface area contributed by atoms with Crippen LogP contribution in [-0.2, 0) is 0 Å². The summed E-state index contributed by atoms with van der Waals surface area (Å²) in [5.41, 5.74) is 2.88. The summed E-state index contributed by atoms with van der Waals surface area (Å²) in [7, 11) is 3.46. The van der Waals surface area contributed by atoms with E-state index in [0.717, 1.165) is 26.3 Å². The zero-order chi connectivity index (χ0) is 9.46. The summed E-state index contributed by atoms with van der Waals surface area (Å²) < 4.78 is 1.02. The molecule has 12 heavy (non-hydrogen) atoms. The zero-order valence-corrected chi connectivity index (χ0v) is 9.91. The minimum atomic E-state index is 0.376. The average Bonchev–Trinajstić information content (AvgIpc) is 2.08. The van der Waals surface area contributed by atoms with E-state index in [4.69, 9.17) is 0 Å². The molecular weight excluding hydrogens is 232 g/mol. The van der Waals surface area contributed by atoms with Crippen LogP contribution in [0.2, 0.25) is 0 Å². The molecule has 0 aliphatic heterocycles. The molecule has 0 saturated heterocycles. The second-order valence-electron chi connectivity index (χ2n) is 2.91. The zero-order valence-electron chi connectivity index (χ0n) is 7.33. The number of aromatic hydroxyl groups is 1. The summed E-state index contributed by atoms with van der Waals surface area (Å²) in [4.78, 5) is 0. The van der Waals surface area contributed by atoms with Gasteiger partial charge in [-0.2, -0.15) is 0 Å². The number of phenols is 1. The summed E-state index contributed by atoms with van der Waals surface area (Å²) in [6.45, 7) is 5.77. The molecular formula is C9H10BrOSi. The van der Waals surface area contributed by atoms with Gasteiger partial charge in [0.1, 0.15) is 5.75 Å². The van der Waals surface area contributed by atoms with Crippen LogP contribution >= 0.6 is 15.9 Å². The first-order valence-corrected chi connectivity index (χ1v) is 4.96. The fraction of sp³-hybridized carbons (Fsp3) is 0.333. The topological polar surface area (TPSA) is 20.2 Å². The van der Waals surface area contributed by atoms with Gasteiger partial charge in [0.15, 0.2) is 0 Å². The molecule has 0 fully saturated rings. The number of rotatable bonds is 0. The average molecular weight is 242 g/mol. The fourth-order valence-corrected chi connectivity index (χ4v) is 1.99. The number of phenolic OH excluding ortho intramolecular Hbond substituents is 1. The third-order valence-electron chi connectivity index (χ3n) is 2.20. The van der Waals surface area contributed by atoms with Crippen LogP contribution in [0.4, 0.5) is 0 Å². The van der Waals surface area contributed by atoms with E-state index in [2.05, 4.69) is 26.2 Å². The van der Waals surface area contributed by atoms with E-state index in [9.17, 15) is 5.11 Å². The molecule has 1 nitrogen and oxygen atoms in total. The first-order chi connectivity index (χ1) is 5.46. The molecule has 0 spiro atoms. The van der Waals surface area contributed by atoms with Crippen molar-refractivity contribution in [2.45, 2.75) is 20.8 Å². The second kappa shape index (κ2) is 3.22. The Kier molecular flexibility index (Phi) is 2.63. The first kappa shape index (κ1) is 9.80. The van der Waals surface area contributed by atoms with Gasteiger partial charge in [-0.15, -0.1) is 0 Å². The van der Waals surface area contributed by atoms with Crippen molar-refractivity contribution in [3.05, 3.63) is 21.2 Å². The van der Waals surface area contributed by atoms with Gasteiger partial charge in [-0.05, 0) is 42.6 Å². The van der Waals surface area contributed by atoms with Crippen molar-refractivity contribution in [1.29, 1.82) is 0 Å². The van der Waals surface area contributed by atoms with E-state index in [-0.39, 0.29) is 0 Å². The van der Waals surface area contributed by atoms with E-state index in [1.165, 1.54) is 0 Å². The van der Waals surface area contributed by atoms with Gasteiger partial charge in [-0.1, -0.05) is 15.9 Å². The maximum absolute atomic E-state index is 9.64. The molecule has 0 aliphatic rings. The SMILES string of the molecule is Cc1c(C)c(Br)c([Si])c(C)c1O. The van der Waals surface area contributed by atoms with Crippen molar-refractivity contribution in [1.82, 2.24) is 0 Å². The Balaban J connectivity index is 3.60. The van der Waals surface area contributed by atoms with Gasteiger partial charge in [0.05, 0.1) is 10.2 Å². The van der Waals surface area contributed by atoms with Crippen molar-refractivity contribution >= 4 is 31.4 Å². The Hall–Kier alpha value is -0.283. The number of benzene rings is 1. The number of hydrogen-bond donors (Lipinski definition) is 1. The van der Waals surface area contributed by atoms with Crippen molar-refractivity contribution in [2.75, 3.05) is 0 Å². The molecule has 0 atom stereocenters. The minimum absolute atomic E-state index is 0.376. The minimum Gasteiger partial charge on any atom is -0.507 e. The van der Waals surface area contributed by atoms with Crippen molar-refractivity contribution in [3.8, 4) is 5.75 Å². The Morgan fingerprint density at radius 2 is 1.58 bits per heavy atom. The van der Waals surface area contributed by atoms with Gasteiger partial charge < -0.3 is 5.11 Å². The molecule has 0 saturated carbocycles. The second-order valence-corrected chi connectivity index (χ2v) is 4.21. The van der Waals surface area contributed by atoms with Crippen LogP contribution in [0.5, 0.6) is 5.75 Å². The molecule has 0 amide bonds. The van der Waals surface area contributed by atoms with E-state index in [1.54, 1.807) is 0 Å². The van der Waals surface area contributed by atoms with Gasteiger partial charge in [0, 0.05) is 4.47 Å². The van der Waals surface area contributed by atoms with Crippen LogP contribution in [0, 0.1) is 20.8 Å². The maximum atomic E-state index is 9.64. The molecule has 0 heterocycles. The molecule has 1 aromatic rings. The van der Waals surface area contributed by atoms with Gasteiger partial charge in [-0.25, -0.2) is 0 Å². The highest BCUT2D eigenvalue weighted by Gasteiger charge is 2.11. The van der Waals surface area contributed by atoms with Crippen LogP contribution in [0.3, 0.4) is 0 Å². The van der Waals surface area contributed by atoms with Gasteiger partial charge >= 0.3 is 0 Å². The molecule has 0 bridgehead atoms. The lowest BCUT2D eigenvalue weighted by atomic mass is 10.1. The third kappa shape index (κ3) is 1.31. The number of halogens is 1. The predicted molar refractivity (Wildman–Crippen MR) is 55.4 cm³/mol. The Bertz CT molecular complexity index is 229. The van der Waals surface area contributed by atoms with E-state index in [0.29, 0.717) is 5.75 Å². The summed E-state index contributed by atoms with van der Waals surface area (Å²) in [5.74, 6) is 0.376. The highest BCUT2D eigenvalue weighted by Crippen LogP contribution is 2.27.